The fourth-order valence-corrected chi connectivity index (χ4v) is 10.1. The van der Waals surface area contributed by atoms with Crippen LogP contribution in [0.3, 0.4) is 0 Å². The Bertz CT molecular complexity index is 2440. The third-order valence-corrected chi connectivity index (χ3v) is 13.2. The molecule has 55 heavy (non-hydrogen) atoms. The molecule has 0 aromatic heterocycles. The summed E-state index contributed by atoms with van der Waals surface area (Å²) in [5.41, 5.74) is 16.1. The maximum absolute atomic E-state index is 2.60. The number of allylic oxidation sites excluding steroid dienone is 10. The minimum absolute atomic E-state index is 0.0268. The zero-order chi connectivity index (χ0) is 37.3. The van der Waals surface area contributed by atoms with Crippen LogP contribution in [0.5, 0.6) is 0 Å². The molecule has 272 valence electrons. The molecule has 0 fully saturated rings. The molecule has 1 aliphatic heterocycles. The number of anilines is 2. The fraction of sp³-hybridized carbons (Fsp3) is 0.245. The first-order chi connectivity index (χ1) is 26.8. The molecule has 2 heteroatoms. The fourth-order valence-electron chi connectivity index (χ4n) is 10.1. The molecule has 4 aromatic carbocycles. The van der Waals surface area contributed by atoms with Crippen LogP contribution in [0, 0.1) is 5.92 Å². The Morgan fingerprint density at radius 3 is 2.35 bits per heavy atom. The van der Waals surface area contributed by atoms with E-state index in [1.807, 2.05) is 0 Å². The van der Waals surface area contributed by atoms with E-state index in [-0.39, 0.29) is 16.9 Å². The van der Waals surface area contributed by atoms with E-state index in [9.17, 15) is 0 Å². The topological polar surface area (TPSA) is 6.48 Å². The molecule has 0 amide bonds. The van der Waals surface area contributed by atoms with E-state index in [0.29, 0.717) is 17.9 Å². The van der Waals surface area contributed by atoms with Gasteiger partial charge in [0, 0.05) is 39.5 Å². The number of fused-ring (bicyclic) bond motifs is 6. The third kappa shape index (κ3) is 5.60. The SMILES string of the molecule is CC1C=C(N2c3ccc(C4=CCC(N(C5=CCC(C)(c6ccccc6)C=C5)c5ccc6c(c5)C(C)(C)c5ccccc5-6)C=C4)cc3C3C=CC=CC32)C=CC1. The Hall–Kier alpha value is -5.60. The maximum Gasteiger partial charge on any atom is 0.0629 e. The molecule has 0 spiro atoms. The summed E-state index contributed by atoms with van der Waals surface area (Å²) >= 11 is 0. The summed E-state index contributed by atoms with van der Waals surface area (Å²) in [7, 11) is 0. The van der Waals surface area contributed by atoms with E-state index in [1.165, 1.54) is 67.3 Å². The summed E-state index contributed by atoms with van der Waals surface area (Å²) in [6.07, 6.45) is 33.9. The van der Waals surface area contributed by atoms with Gasteiger partial charge >= 0.3 is 0 Å². The van der Waals surface area contributed by atoms with Crippen molar-refractivity contribution in [1.29, 1.82) is 0 Å². The Labute approximate surface area is 327 Å². The van der Waals surface area contributed by atoms with Crippen LogP contribution >= 0.6 is 0 Å². The van der Waals surface area contributed by atoms with Gasteiger partial charge in [0.25, 0.3) is 0 Å². The van der Waals surface area contributed by atoms with Crippen molar-refractivity contribution in [2.45, 2.75) is 75.8 Å². The van der Waals surface area contributed by atoms with Crippen LogP contribution in [0.1, 0.15) is 80.7 Å². The Morgan fingerprint density at radius 2 is 1.55 bits per heavy atom. The molecule has 5 unspecified atom stereocenters. The van der Waals surface area contributed by atoms with E-state index in [2.05, 4.69) is 207 Å². The van der Waals surface area contributed by atoms with Gasteiger partial charge in [-0.3, -0.25) is 0 Å². The highest BCUT2D eigenvalue weighted by Gasteiger charge is 2.39. The number of nitrogens with zero attached hydrogens (tertiary/aromatic N) is 2. The molecule has 10 rings (SSSR count). The summed E-state index contributed by atoms with van der Waals surface area (Å²) in [6, 6.07) is 34.8. The molecular weight excluding hydrogens is 665 g/mol. The van der Waals surface area contributed by atoms with E-state index in [1.54, 1.807) is 0 Å². The molecule has 5 atom stereocenters. The second-order valence-electron chi connectivity index (χ2n) is 17.2. The van der Waals surface area contributed by atoms with Gasteiger partial charge in [0.15, 0.2) is 0 Å². The number of rotatable bonds is 6. The van der Waals surface area contributed by atoms with Gasteiger partial charge < -0.3 is 9.80 Å². The average molecular weight is 715 g/mol. The normalized spacial score (nSPS) is 26.5. The monoisotopic (exact) mass is 714 g/mol. The highest BCUT2D eigenvalue weighted by Crippen LogP contribution is 2.51. The van der Waals surface area contributed by atoms with Crippen molar-refractivity contribution in [1.82, 2.24) is 0 Å². The minimum Gasteiger partial charge on any atom is -0.335 e. The minimum atomic E-state index is -0.0563. The summed E-state index contributed by atoms with van der Waals surface area (Å²) in [5.74, 6) is 0.910. The predicted octanol–water partition coefficient (Wildman–Crippen LogP) is 12.9. The van der Waals surface area contributed by atoms with Crippen LogP contribution in [-0.4, -0.2) is 12.1 Å². The van der Waals surface area contributed by atoms with Crippen LogP contribution in [0.4, 0.5) is 11.4 Å². The Morgan fingerprint density at radius 1 is 0.727 bits per heavy atom. The molecule has 0 N–H and O–H groups in total. The van der Waals surface area contributed by atoms with Gasteiger partial charge in [-0.1, -0.05) is 161 Å². The molecule has 5 aliphatic carbocycles. The number of hydrogen-bond acceptors (Lipinski definition) is 2. The highest BCUT2D eigenvalue weighted by molar-refractivity contribution is 5.84. The van der Waals surface area contributed by atoms with Crippen LogP contribution in [0.25, 0.3) is 16.7 Å². The lowest BCUT2D eigenvalue weighted by Gasteiger charge is -2.38. The summed E-state index contributed by atoms with van der Waals surface area (Å²) in [4.78, 5) is 5.17. The summed E-state index contributed by atoms with van der Waals surface area (Å²) in [6.45, 7) is 9.45. The van der Waals surface area contributed by atoms with Gasteiger partial charge in [0.1, 0.15) is 0 Å². The van der Waals surface area contributed by atoms with Crippen LogP contribution in [-0.2, 0) is 10.8 Å². The van der Waals surface area contributed by atoms with Crippen molar-refractivity contribution in [3.8, 4) is 11.1 Å². The van der Waals surface area contributed by atoms with E-state index >= 15 is 0 Å². The first kappa shape index (κ1) is 33.9. The summed E-state index contributed by atoms with van der Waals surface area (Å²) < 4.78 is 0. The van der Waals surface area contributed by atoms with Crippen molar-refractivity contribution in [3.63, 3.8) is 0 Å². The van der Waals surface area contributed by atoms with Crippen molar-refractivity contribution < 1.29 is 0 Å². The van der Waals surface area contributed by atoms with Crippen molar-refractivity contribution in [2.75, 3.05) is 9.80 Å². The molecule has 1 heterocycles. The van der Waals surface area contributed by atoms with Crippen molar-refractivity contribution >= 4 is 16.9 Å². The molecular formula is C53H50N2. The largest absolute Gasteiger partial charge is 0.335 e. The van der Waals surface area contributed by atoms with Crippen molar-refractivity contribution in [2.24, 2.45) is 5.92 Å². The van der Waals surface area contributed by atoms with Gasteiger partial charge in [-0.2, -0.15) is 0 Å². The average Bonchev–Trinajstić information content (AvgIpc) is 3.67. The molecule has 4 aromatic rings. The lowest BCUT2D eigenvalue weighted by atomic mass is 9.76. The van der Waals surface area contributed by atoms with Gasteiger partial charge in [0.05, 0.1) is 12.1 Å². The number of benzene rings is 4. The van der Waals surface area contributed by atoms with Gasteiger partial charge in [-0.05, 0) is 106 Å². The van der Waals surface area contributed by atoms with Crippen LogP contribution < -0.4 is 9.80 Å². The zero-order valence-electron chi connectivity index (χ0n) is 32.5. The molecule has 0 bridgehead atoms. The van der Waals surface area contributed by atoms with E-state index < -0.39 is 0 Å². The predicted molar refractivity (Wildman–Crippen MR) is 232 cm³/mol. The van der Waals surface area contributed by atoms with Crippen molar-refractivity contribution in [3.05, 3.63) is 209 Å². The van der Waals surface area contributed by atoms with Crippen LogP contribution in [0.15, 0.2) is 181 Å². The summed E-state index contributed by atoms with van der Waals surface area (Å²) in [5, 5.41) is 0. The van der Waals surface area contributed by atoms with E-state index in [4.69, 9.17) is 0 Å². The Kier molecular flexibility index (Phi) is 8.03. The van der Waals surface area contributed by atoms with Gasteiger partial charge in [-0.25, -0.2) is 0 Å². The first-order valence-electron chi connectivity index (χ1n) is 20.3. The van der Waals surface area contributed by atoms with Gasteiger partial charge in [-0.15, -0.1) is 0 Å². The molecule has 0 radical (unpaired) electrons. The molecule has 0 saturated carbocycles. The Balaban J connectivity index is 0.984. The van der Waals surface area contributed by atoms with Gasteiger partial charge in [0.2, 0.25) is 0 Å². The standard InChI is InChI=1S/C53H50N2/c1-36-13-12-16-42(33-36)55-50-20-11-9-18-46(50)47-34-38(23-28-51(47)55)37-21-24-40(25-22-37)54(41-29-31-53(4,32-30-41)39-14-6-5-7-15-39)43-26-27-45-44-17-8-10-19-48(44)52(2,3)49(45)35-43/h5-12,14-24,26-31,33-36,40,46,50H,13,25,32H2,1-4H3. The smallest absolute Gasteiger partial charge is 0.0629 e. The lowest BCUT2D eigenvalue weighted by Crippen LogP contribution is -2.35. The lowest BCUT2D eigenvalue weighted by molar-refractivity contribution is 0.591. The molecule has 6 aliphatic rings. The number of hydrogen-bond donors (Lipinski definition) is 0. The molecule has 0 saturated heterocycles. The first-order valence-corrected chi connectivity index (χ1v) is 20.3. The third-order valence-electron chi connectivity index (χ3n) is 13.2. The highest BCUT2D eigenvalue weighted by atomic mass is 15.2. The molecule has 2 nitrogen and oxygen atoms in total. The van der Waals surface area contributed by atoms with E-state index in [0.717, 1.165) is 19.3 Å². The maximum atomic E-state index is 2.60. The quantitative estimate of drug-likeness (QED) is 0.196. The van der Waals surface area contributed by atoms with Crippen LogP contribution in [0.2, 0.25) is 0 Å². The zero-order valence-corrected chi connectivity index (χ0v) is 32.5. The second kappa shape index (κ2) is 13.0. The second-order valence-corrected chi connectivity index (χ2v) is 17.2.